The summed E-state index contributed by atoms with van der Waals surface area (Å²) in [7, 11) is 0. The molecule has 0 spiro atoms. The van der Waals surface area contributed by atoms with Gasteiger partial charge in [-0.15, -0.1) is 5.10 Å². The van der Waals surface area contributed by atoms with Gasteiger partial charge in [-0.05, 0) is 17.4 Å². The minimum absolute atomic E-state index is 0.0402. The summed E-state index contributed by atoms with van der Waals surface area (Å²) in [5.41, 5.74) is 0. The third-order valence-corrected chi connectivity index (χ3v) is 2.42. The largest absolute Gasteiger partial charge is 0.481 e. The molecule has 0 fully saturated rings. The summed E-state index contributed by atoms with van der Waals surface area (Å²) in [5.74, 6) is -1.45. The van der Waals surface area contributed by atoms with E-state index in [0.29, 0.717) is 12.4 Å². The highest BCUT2D eigenvalue weighted by Crippen LogP contribution is 1.98. The van der Waals surface area contributed by atoms with Gasteiger partial charge in [0.05, 0.1) is 32.4 Å². The number of carbonyl (C=O) groups is 3. The number of hydrogen-bond acceptors (Lipinski definition) is 7. The molecule has 1 amide bonds. The van der Waals surface area contributed by atoms with Gasteiger partial charge in [-0.2, -0.15) is 0 Å². The Kier molecular flexibility index (Phi) is 6.78. The number of amides is 1. The second-order valence-electron chi connectivity index (χ2n) is 4.04. The molecule has 0 bridgehead atoms. The van der Waals surface area contributed by atoms with E-state index in [0.717, 1.165) is 0 Å². The number of nitrogens with one attached hydrogen (secondary N) is 1. The molecule has 1 heterocycles. The molecule has 1 aromatic rings. The first-order chi connectivity index (χ1) is 10.0. The van der Waals surface area contributed by atoms with Crippen LogP contribution in [0.3, 0.4) is 0 Å². The lowest BCUT2D eigenvalue weighted by Gasteiger charge is -2.05. The maximum absolute atomic E-state index is 11.6. The van der Waals surface area contributed by atoms with Gasteiger partial charge in [0.1, 0.15) is 0 Å². The topological polar surface area (TPSA) is 136 Å². The molecule has 1 aromatic heterocycles. The predicted octanol–water partition coefficient (Wildman–Crippen LogP) is -1.24. The Hall–Kier alpha value is -2.52. The molecule has 1 rings (SSSR count). The maximum Gasteiger partial charge on any atom is 0.307 e. The molecule has 116 valence electrons. The third kappa shape index (κ3) is 6.45. The fourth-order valence-corrected chi connectivity index (χ4v) is 1.47. The molecule has 0 aliphatic heterocycles. The molecule has 21 heavy (non-hydrogen) atoms. The van der Waals surface area contributed by atoms with Gasteiger partial charge in [0, 0.05) is 6.54 Å². The molecular formula is C11H17N5O5. The van der Waals surface area contributed by atoms with Gasteiger partial charge in [0.25, 0.3) is 0 Å². The SMILES string of the molecule is CCOC(=O)CCn1nnnc1CC(=O)NCCC(=O)O. The number of carboxylic acids is 1. The van der Waals surface area contributed by atoms with Gasteiger partial charge in [-0.1, -0.05) is 0 Å². The molecule has 10 heteroatoms. The highest BCUT2D eigenvalue weighted by Gasteiger charge is 2.13. The number of ether oxygens (including phenoxy) is 1. The Morgan fingerprint density at radius 3 is 2.76 bits per heavy atom. The number of aryl methyl sites for hydroxylation is 1. The minimum atomic E-state index is -0.991. The van der Waals surface area contributed by atoms with E-state index in [4.69, 9.17) is 9.84 Å². The van der Waals surface area contributed by atoms with Crippen molar-refractivity contribution in [1.82, 2.24) is 25.5 Å². The van der Waals surface area contributed by atoms with E-state index >= 15 is 0 Å². The molecule has 0 aliphatic rings. The first-order valence-electron chi connectivity index (χ1n) is 6.42. The first-order valence-corrected chi connectivity index (χ1v) is 6.42. The highest BCUT2D eigenvalue weighted by molar-refractivity contribution is 5.78. The van der Waals surface area contributed by atoms with Crippen LogP contribution in [0.5, 0.6) is 0 Å². The van der Waals surface area contributed by atoms with E-state index in [2.05, 4.69) is 20.8 Å². The van der Waals surface area contributed by atoms with E-state index in [1.165, 1.54) is 4.68 Å². The van der Waals surface area contributed by atoms with Crippen molar-refractivity contribution in [2.75, 3.05) is 13.2 Å². The van der Waals surface area contributed by atoms with Crippen LogP contribution >= 0.6 is 0 Å². The van der Waals surface area contributed by atoms with Gasteiger partial charge >= 0.3 is 11.9 Å². The predicted molar refractivity (Wildman–Crippen MR) is 68.0 cm³/mol. The Morgan fingerprint density at radius 2 is 2.10 bits per heavy atom. The fraction of sp³-hybridized carbons (Fsp3) is 0.636. The number of hydrogen-bond donors (Lipinski definition) is 2. The summed E-state index contributed by atoms with van der Waals surface area (Å²) in [6.45, 7) is 2.26. The van der Waals surface area contributed by atoms with Crippen molar-refractivity contribution in [1.29, 1.82) is 0 Å². The van der Waals surface area contributed by atoms with Crippen LogP contribution in [-0.2, 0) is 32.1 Å². The normalized spacial score (nSPS) is 10.1. The van der Waals surface area contributed by atoms with Crippen LogP contribution in [0.15, 0.2) is 0 Å². The van der Waals surface area contributed by atoms with Crippen LogP contribution < -0.4 is 5.32 Å². The second-order valence-corrected chi connectivity index (χ2v) is 4.04. The van der Waals surface area contributed by atoms with Crippen molar-refractivity contribution in [3.8, 4) is 0 Å². The lowest BCUT2D eigenvalue weighted by molar-refractivity contribution is -0.143. The number of aromatic nitrogens is 4. The molecule has 0 atom stereocenters. The number of carbonyl (C=O) groups excluding carboxylic acids is 2. The van der Waals surface area contributed by atoms with Crippen molar-refractivity contribution in [2.45, 2.75) is 32.7 Å². The van der Waals surface area contributed by atoms with E-state index in [-0.39, 0.29) is 44.2 Å². The molecule has 0 saturated heterocycles. The Morgan fingerprint density at radius 1 is 1.33 bits per heavy atom. The van der Waals surface area contributed by atoms with E-state index in [1.807, 2.05) is 0 Å². The summed E-state index contributed by atoms with van der Waals surface area (Å²) in [5, 5.41) is 21.7. The van der Waals surface area contributed by atoms with Gasteiger partial charge < -0.3 is 15.2 Å². The fourth-order valence-electron chi connectivity index (χ4n) is 1.47. The van der Waals surface area contributed by atoms with Crippen molar-refractivity contribution in [2.24, 2.45) is 0 Å². The Bertz CT molecular complexity index is 501. The molecule has 10 nitrogen and oxygen atoms in total. The molecular weight excluding hydrogens is 282 g/mol. The summed E-state index contributed by atoms with van der Waals surface area (Å²) in [6, 6.07) is 0. The zero-order chi connectivity index (χ0) is 15.7. The van der Waals surface area contributed by atoms with E-state index in [1.54, 1.807) is 6.92 Å². The molecule has 0 radical (unpaired) electrons. The second kappa shape index (κ2) is 8.61. The third-order valence-electron chi connectivity index (χ3n) is 2.42. The highest BCUT2D eigenvalue weighted by atomic mass is 16.5. The van der Waals surface area contributed by atoms with Crippen LogP contribution in [-0.4, -0.2) is 56.3 Å². The smallest absolute Gasteiger partial charge is 0.307 e. The standard InChI is InChI=1S/C11H17N5O5/c1-2-21-11(20)4-6-16-8(13-14-15-16)7-9(17)12-5-3-10(18)19/h2-7H2,1H3,(H,12,17)(H,18,19). The quantitative estimate of drug-likeness (QED) is 0.540. The average Bonchev–Trinajstić information content (AvgIpc) is 2.83. The van der Waals surface area contributed by atoms with Crippen LogP contribution in [0.25, 0.3) is 0 Å². The molecule has 0 aliphatic carbocycles. The van der Waals surface area contributed by atoms with Crippen molar-refractivity contribution >= 4 is 17.8 Å². The average molecular weight is 299 g/mol. The molecule has 0 saturated carbocycles. The number of carboxylic acid groups (broad SMARTS) is 1. The van der Waals surface area contributed by atoms with Crippen LogP contribution in [0.4, 0.5) is 0 Å². The summed E-state index contributed by atoms with van der Waals surface area (Å²) in [6.07, 6.45) is -0.137. The van der Waals surface area contributed by atoms with Crippen LogP contribution in [0, 0.1) is 0 Å². The van der Waals surface area contributed by atoms with E-state index < -0.39 is 5.97 Å². The van der Waals surface area contributed by atoms with Gasteiger partial charge in [0.15, 0.2) is 5.82 Å². The summed E-state index contributed by atoms with van der Waals surface area (Å²) in [4.78, 5) is 33.1. The number of tetrazole rings is 1. The van der Waals surface area contributed by atoms with Gasteiger partial charge in [-0.25, -0.2) is 4.68 Å². The van der Waals surface area contributed by atoms with Crippen molar-refractivity contribution < 1.29 is 24.2 Å². The van der Waals surface area contributed by atoms with Crippen LogP contribution in [0.2, 0.25) is 0 Å². The Balaban J connectivity index is 2.42. The molecule has 2 N–H and O–H groups in total. The summed E-state index contributed by atoms with van der Waals surface area (Å²) < 4.78 is 6.12. The monoisotopic (exact) mass is 299 g/mol. The van der Waals surface area contributed by atoms with Gasteiger partial charge in [0.2, 0.25) is 5.91 Å². The molecule has 0 aromatic carbocycles. The number of nitrogens with zero attached hydrogens (tertiary/aromatic N) is 4. The number of esters is 1. The molecule has 0 unspecified atom stereocenters. The zero-order valence-corrected chi connectivity index (χ0v) is 11.6. The first kappa shape index (κ1) is 16.5. The van der Waals surface area contributed by atoms with Gasteiger partial charge in [-0.3, -0.25) is 14.4 Å². The lowest BCUT2D eigenvalue weighted by atomic mass is 10.3. The minimum Gasteiger partial charge on any atom is -0.481 e. The zero-order valence-electron chi connectivity index (χ0n) is 11.6. The number of rotatable bonds is 9. The van der Waals surface area contributed by atoms with Crippen molar-refractivity contribution in [3.63, 3.8) is 0 Å². The van der Waals surface area contributed by atoms with Crippen molar-refractivity contribution in [3.05, 3.63) is 5.82 Å². The van der Waals surface area contributed by atoms with E-state index in [9.17, 15) is 14.4 Å². The maximum atomic E-state index is 11.6. The lowest BCUT2D eigenvalue weighted by Crippen LogP contribution is -2.28. The summed E-state index contributed by atoms with van der Waals surface area (Å²) >= 11 is 0. The van der Waals surface area contributed by atoms with Crippen LogP contribution in [0.1, 0.15) is 25.6 Å². The number of aliphatic carboxylic acids is 1. The Labute approximate surface area is 120 Å².